The van der Waals surface area contributed by atoms with E-state index in [1.165, 1.54) is 0 Å². The molecule has 0 amide bonds. The van der Waals surface area contributed by atoms with Gasteiger partial charge in [0.2, 0.25) is 0 Å². The molecule has 0 aromatic heterocycles. The fourth-order valence-corrected chi connectivity index (χ4v) is 0.471. The standard InChI is InChI=1S/C7H12O/c1-3-5-7(8)6-4-2/h3-4,6-8H,1,5H2,2H3/b6-4-/t7-/m1/s1. The Bertz CT molecular complexity index is 84.4. The third-order valence-corrected chi connectivity index (χ3v) is 0.823. The first-order chi connectivity index (χ1) is 3.81. The van der Waals surface area contributed by atoms with Gasteiger partial charge in [-0.25, -0.2) is 0 Å². The zero-order valence-corrected chi connectivity index (χ0v) is 5.17. The molecule has 0 heterocycles. The van der Waals surface area contributed by atoms with Crippen molar-refractivity contribution < 1.29 is 5.11 Å². The quantitative estimate of drug-likeness (QED) is 0.548. The van der Waals surface area contributed by atoms with Crippen LogP contribution in [-0.4, -0.2) is 11.2 Å². The van der Waals surface area contributed by atoms with Crippen LogP contribution < -0.4 is 0 Å². The van der Waals surface area contributed by atoms with E-state index in [-0.39, 0.29) is 6.10 Å². The van der Waals surface area contributed by atoms with Crippen LogP contribution in [0.25, 0.3) is 0 Å². The summed E-state index contributed by atoms with van der Waals surface area (Å²) < 4.78 is 0. The van der Waals surface area contributed by atoms with E-state index in [9.17, 15) is 0 Å². The van der Waals surface area contributed by atoms with Gasteiger partial charge in [0.25, 0.3) is 0 Å². The molecule has 1 heteroatoms. The van der Waals surface area contributed by atoms with Gasteiger partial charge in [-0.1, -0.05) is 18.2 Å². The van der Waals surface area contributed by atoms with Crippen molar-refractivity contribution in [2.45, 2.75) is 19.4 Å². The van der Waals surface area contributed by atoms with Crippen molar-refractivity contribution in [1.29, 1.82) is 0 Å². The average Bonchev–Trinajstić information content (AvgIpc) is 1.68. The Kier molecular flexibility index (Phi) is 4.27. The average molecular weight is 112 g/mol. The van der Waals surface area contributed by atoms with Gasteiger partial charge in [-0.3, -0.25) is 0 Å². The van der Waals surface area contributed by atoms with E-state index in [4.69, 9.17) is 5.11 Å². The van der Waals surface area contributed by atoms with Crippen LogP contribution in [-0.2, 0) is 0 Å². The molecule has 0 bridgehead atoms. The van der Waals surface area contributed by atoms with Crippen LogP contribution in [0.3, 0.4) is 0 Å². The smallest absolute Gasteiger partial charge is 0.0755 e. The van der Waals surface area contributed by atoms with Gasteiger partial charge < -0.3 is 5.11 Å². The lowest BCUT2D eigenvalue weighted by atomic mass is 10.2. The highest BCUT2D eigenvalue weighted by Gasteiger charge is 1.90. The summed E-state index contributed by atoms with van der Waals surface area (Å²) in [5.74, 6) is 0. The summed E-state index contributed by atoms with van der Waals surface area (Å²) in [4.78, 5) is 0. The van der Waals surface area contributed by atoms with Crippen molar-refractivity contribution in [3.63, 3.8) is 0 Å². The minimum atomic E-state index is -0.336. The van der Waals surface area contributed by atoms with E-state index in [0.717, 1.165) is 0 Å². The molecule has 0 rings (SSSR count). The lowest BCUT2D eigenvalue weighted by Crippen LogP contribution is -1.97. The Morgan fingerprint density at radius 2 is 2.38 bits per heavy atom. The monoisotopic (exact) mass is 112 g/mol. The van der Waals surface area contributed by atoms with E-state index in [1.807, 2.05) is 13.0 Å². The van der Waals surface area contributed by atoms with Crippen molar-refractivity contribution in [3.8, 4) is 0 Å². The molecule has 0 aromatic carbocycles. The summed E-state index contributed by atoms with van der Waals surface area (Å²) in [6.07, 6.45) is 5.57. The molecule has 0 aliphatic carbocycles. The zero-order chi connectivity index (χ0) is 6.41. The van der Waals surface area contributed by atoms with Crippen molar-refractivity contribution in [2.75, 3.05) is 0 Å². The molecule has 1 nitrogen and oxygen atoms in total. The molecule has 0 aromatic rings. The molecule has 0 spiro atoms. The molecular weight excluding hydrogens is 100 g/mol. The molecule has 0 unspecified atom stereocenters. The highest BCUT2D eigenvalue weighted by molar-refractivity contribution is 4.89. The Morgan fingerprint density at radius 3 is 2.75 bits per heavy atom. The van der Waals surface area contributed by atoms with E-state index < -0.39 is 0 Å². The molecule has 1 N–H and O–H groups in total. The molecule has 0 aliphatic rings. The summed E-state index contributed by atoms with van der Waals surface area (Å²) in [5, 5.41) is 8.89. The summed E-state index contributed by atoms with van der Waals surface area (Å²) >= 11 is 0. The maximum absolute atomic E-state index is 8.89. The largest absolute Gasteiger partial charge is 0.389 e. The number of rotatable bonds is 3. The van der Waals surface area contributed by atoms with E-state index in [1.54, 1.807) is 12.2 Å². The molecular formula is C7H12O. The van der Waals surface area contributed by atoms with Crippen molar-refractivity contribution in [3.05, 3.63) is 24.8 Å². The van der Waals surface area contributed by atoms with Crippen LogP contribution >= 0.6 is 0 Å². The second-order valence-electron chi connectivity index (χ2n) is 1.62. The van der Waals surface area contributed by atoms with Gasteiger partial charge in [-0.2, -0.15) is 0 Å². The van der Waals surface area contributed by atoms with Gasteiger partial charge >= 0.3 is 0 Å². The minimum Gasteiger partial charge on any atom is -0.389 e. The molecule has 1 atom stereocenters. The van der Waals surface area contributed by atoms with E-state index >= 15 is 0 Å². The third kappa shape index (κ3) is 3.62. The lowest BCUT2D eigenvalue weighted by Gasteiger charge is -1.96. The maximum atomic E-state index is 8.89. The molecule has 8 heavy (non-hydrogen) atoms. The first kappa shape index (κ1) is 7.44. The van der Waals surface area contributed by atoms with Crippen LogP contribution in [0.1, 0.15) is 13.3 Å². The Hall–Kier alpha value is -0.560. The summed E-state index contributed by atoms with van der Waals surface area (Å²) in [6, 6.07) is 0. The van der Waals surface area contributed by atoms with Crippen LogP contribution in [0.5, 0.6) is 0 Å². The number of hydrogen-bond donors (Lipinski definition) is 1. The molecule has 0 aliphatic heterocycles. The maximum Gasteiger partial charge on any atom is 0.0755 e. The zero-order valence-electron chi connectivity index (χ0n) is 5.17. The lowest BCUT2D eigenvalue weighted by molar-refractivity contribution is 0.227. The number of allylic oxidation sites excluding steroid dienone is 1. The first-order valence-electron chi connectivity index (χ1n) is 2.73. The minimum absolute atomic E-state index is 0.336. The molecule has 46 valence electrons. The van der Waals surface area contributed by atoms with Crippen molar-refractivity contribution >= 4 is 0 Å². The Balaban J connectivity index is 3.31. The van der Waals surface area contributed by atoms with Gasteiger partial charge in [0, 0.05) is 0 Å². The fourth-order valence-electron chi connectivity index (χ4n) is 0.471. The van der Waals surface area contributed by atoms with Gasteiger partial charge in [0.05, 0.1) is 6.10 Å². The van der Waals surface area contributed by atoms with Crippen molar-refractivity contribution in [2.24, 2.45) is 0 Å². The van der Waals surface area contributed by atoms with Gasteiger partial charge in [-0.15, -0.1) is 6.58 Å². The SMILES string of the molecule is C=CC[C@@H](O)/C=C\C. The van der Waals surface area contributed by atoms with Crippen LogP contribution in [0, 0.1) is 0 Å². The van der Waals surface area contributed by atoms with E-state index in [2.05, 4.69) is 6.58 Å². The number of aliphatic hydroxyl groups is 1. The normalized spacial score (nSPS) is 14.2. The predicted octanol–water partition coefficient (Wildman–Crippen LogP) is 1.50. The second-order valence-corrected chi connectivity index (χ2v) is 1.62. The summed E-state index contributed by atoms with van der Waals surface area (Å²) in [6.45, 7) is 5.37. The molecule has 0 fully saturated rings. The third-order valence-electron chi connectivity index (χ3n) is 0.823. The van der Waals surface area contributed by atoms with Crippen LogP contribution in [0.2, 0.25) is 0 Å². The van der Waals surface area contributed by atoms with Crippen molar-refractivity contribution in [1.82, 2.24) is 0 Å². The van der Waals surface area contributed by atoms with Gasteiger partial charge in [0.15, 0.2) is 0 Å². The van der Waals surface area contributed by atoms with Gasteiger partial charge in [0.1, 0.15) is 0 Å². The summed E-state index contributed by atoms with van der Waals surface area (Å²) in [7, 11) is 0. The van der Waals surface area contributed by atoms with Crippen LogP contribution in [0.15, 0.2) is 24.8 Å². The number of hydrogen-bond acceptors (Lipinski definition) is 1. The summed E-state index contributed by atoms with van der Waals surface area (Å²) in [5.41, 5.74) is 0. The van der Waals surface area contributed by atoms with Gasteiger partial charge in [-0.05, 0) is 13.3 Å². The predicted molar refractivity (Wildman–Crippen MR) is 35.6 cm³/mol. The van der Waals surface area contributed by atoms with Crippen LogP contribution in [0.4, 0.5) is 0 Å². The topological polar surface area (TPSA) is 20.2 Å². The fraction of sp³-hybridized carbons (Fsp3) is 0.429. The first-order valence-corrected chi connectivity index (χ1v) is 2.73. The number of aliphatic hydroxyl groups excluding tert-OH is 1. The molecule has 0 radical (unpaired) electrons. The van der Waals surface area contributed by atoms with E-state index in [0.29, 0.717) is 6.42 Å². The highest BCUT2D eigenvalue weighted by Crippen LogP contribution is 1.92. The molecule has 0 saturated heterocycles. The Morgan fingerprint density at radius 1 is 1.75 bits per heavy atom. The molecule has 0 saturated carbocycles. The highest BCUT2D eigenvalue weighted by atomic mass is 16.3. The Labute approximate surface area is 50.3 Å². The second kappa shape index (κ2) is 4.60.